The summed E-state index contributed by atoms with van der Waals surface area (Å²) in [7, 11) is 0. The number of nitrogens with one attached hydrogen (secondary N) is 1. The number of ether oxygens (including phenoxy) is 1. The van der Waals surface area contributed by atoms with Crippen molar-refractivity contribution < 1.29 is 9.53 Å². The van der Waals surface area contributed by atoms with E-state index in [2.05, 4.69) is 10.4 Å². The Morgan fingerprint density at radius 1 is 1.17 bits per heavy atom. The molecule has 0 saturated carbocycles. The van der Waals surface area contributed by atoms with E-state index in [1.807, 2.05) is 66.9 Å². The predicted octanol–water partition coefficient (Wildman–Crippen LogP) is 4.31. The van der Waals surface area contributed by atoms with Crippen molar-refractivity contribution in [2.75, 3.05) is 12.0 Å². The number of thiophene rings is 1. The molecule has 2 aromatic carbocycles. The molecule has 1 N–H and O–H groups in total. The third-order valence-corrected chi connectivity index (χ3v) is 5.31. The van der Waals surface area contributed by atoms with Gasteiger partial charge in [0.25, 0.3) is 11.5 Å². The number of benzene rings is 2. The van der Waals surface area contributed by atoms with Gasteiger partial charge in [0.15, 0.2) is 0 Å². The molecule has 0 spiro atoms. The van der Waals surface area contributed by atoms with Crippen LogP contribution in [-0.4, -0.2) is 22.2 Å². The van der Waals surface area contributed by atoms with Gasteiger partial charge in [-0.25, -0.2) is 9.66 Å². The Morgan fingerprint density at radius 3 is 2.67 bits per heavy atom. The number of hydrogen-bond acceptors (Lipinski definition) is 5. The summed E-state index contributed by atoms with van der Waals surface area (Å²) in [6.45, 7) is 2.52. The molecule has 150 valence electrons. The van der Waals surface area contributed by atoms with Crippen LogP contribution in [0.5, 0.6) is 5.75 Å². The summed E-state index contributed by atoms with van der Waals surface area (Å²) < 4.78 is 6.52. The zero-order chi connectivity index (χ0) is 20.9. The second-order valence-corrected chi connectivity index (χ2v) is 7.28. The van der Waals surface area contributed by atoms with E-state index >= 15 is 0 Å². The van der Waals surface area contributed by atoms with E-state index in [-0.39, 0.29) is 5.56 Å². The van der Waals surface area contributed by atoms with Crippen LogP contribution in [0.2, 0.25) is 0 Å². The molecule has 0 saturated heterocycles. The zero-order valence-electron chi connectivity index (χ0n) is 16.2. The zero-order valence-corrected chi connectivity index (χ0v) is 17.1. The number of carbonyl (C=O) groups excluding carboxylic acids is 1. The minimum absolute atomic E-state index is 0.317. The first kappa shape index (κ1) is 19.6. The molecule has 0 radical (unpaired) electrons. The molecular formula is C23H19N3O3S. The van der Waals surface area contributed by atoms with E-state index in [0.29, 0.717) is 16.8 Å². The van der Waals surface area contributed by atoms with E-state index in [1.54, 1.807) is 6.08 Å². The summed E-state index contributed by atoms with van der Waals surface area (Å²) >= 11 is 1.40. The van der Waals surface area contributed by atoms with Gasteiger partial charge < -0.3 is 4.74 Å². The second kappa shape index (κ2) is 8.75. The van der Waals surface area contributed by atoms with E-state index < -0.39 is 5.91 Å². The summed E-state index contributed by atoms with van der Waals surface area (Å²) in [5.41, 5.74) is 4.84. The largest absolute Gasteiger partial charge is 0.494 e. The molecule has 0 aliphatic heterocycles. The topological polar surface area (TPSA) is 73.2 Å². The smallest absolute Gasteiger partial charge is 0.281 e. The van der Waals surface area contributed by atoms with Crippen LogP contribution < -0.4 is 15.7 Å². The Balaban J connectivity index is 1.55. The van der Waals surface area contributed by atoms with Gasteiger partial charge >= 0.3 is 0 Å². The minimum Gasteiger partial charge on any atom is -0.494 e. The molecule has 0 aliphatic rings. The maximum Gasteiger partial charge on any atom is 0.281 e. The van der Waals surface area contributed by atoms with Crippen LogP contribution in [0.3, 0.4) is 0 Å². The Kier molecular flexibility index (Phi) is 5.72. The number of aromatic nitrogens is 2. The predicted molar refractivity (Wildman–Crippen MR) is 120 cm³/mol. The Labute approximate surface area is 177 Å². The average Bonchev–Trinajstić information content (AvgIpc) is 3.21. The van der Waals surface area contributed by atoms with Crippen molar-refractivity contribution >= 4 is 33.5 Å². The van der Waals surface area contributed by atoms with Crippen molar-refractivity contribution in [3.63, 3.8) is 0 Å². The number of hydrogen-bond donors (Lipinski definition) is 1. The summed E-state index contributed by atoms with van der Waals surface area (Å²) in [6, 6.07) is 17.0. The SMILES string of the molecule is CCOc1ccc(/C=C/C(=O)Nn2cnc3scc(-c4ccccc4)c3c2=O)cc1. The monoisotopic (exact) mass is 417 g/mol. The highest BCUT2D eigenvalue weighted by atomic mass is 32.1. The van der Waals surface area contributed by atoms with E-state index in [1.165, 1.54) is 23.7 Å². The van der Waals surface area contributed by atoms with Gasteiger partial charge in [0.1, 0.15) is 16.9 Å². The van der Waals surface area contributed by atoms with Crippen LogP contribution in [0.25, 0.3) is 27.4 Å². The van der Waals surface area contributed by atoms with Gasteiger partial charge in [-0.15, -0.1) is 11.3 Å². The summed E-state index contributed by atoms with van der Waals surface area (Å²) in [5.74, 6) is 0.346. The van der Waals surface area contributed by atoms with Crippen LogP contribution in [-0.2, 0) is 4.79 Å². The second-order valence-electron chi connectivity index (χ2n) is 6.43. The van der Waals surface area contributed by atoms with Gasteiger partial charge in [-0.1, -0.05) is 42.5 Å². The lowest BCUT2D eigenvalue weighted by Crippen LogP contribution is -2.32. The molecular weight excluding hydrogens is 398 g/mol. The molecule has 0 bridgehead atoms. The standard InChI is InChI=1S/C23H19N3O3S/c1-2-29-18-11-8-16(9-12-18)10-13-20(27)25-26-15-24-22-21(23(26)28)19(14-30-22)17-6-4-3-5-7-17/h3-15H,2H2,1H3,(H,25,27)/b13-10+. The highest BCUT2D eigenvalue weighted by molar-refractivity contribution is 7.17. The van der Waals surface area contributed by atoms with Crippen LogP contribution in [0.1, 0.15) is 12.5 Å². The quantitative estimate of drug-likeness (QED) is 0.475. The fraction of sp³-hybridized carbons (Fsp3) is 0.0870. The maximum atomic E-state index is 13.0. The number of fused-ring (bicyclic) bond motifs is 1. The van der Waals surface area contributed by atoms with E-state index in [0.717, 1.165) is 27.1 Å². The molecule has 0 unspecified atom stereocenters. The van der Waals surface area contributed by atoms with Crippen LogP contribution in [0.4, 0.5) is 0 Å². The number of rotatable bonds is 6. The van der Waals surface area contributed by atoms with Crippen molar-refractivity contribution in [2.24, 2.45) is 0 Å². The lowest BCUT2D eigenvalue weighted by Gasteiger charge is -2.06. The van der Waals surface area contributed by atoms with E-state index in [9.17, 15) is 9.59 Å². The normalized spacial score (nSPS) is 11.1. The summed E-state index contributed by atoms with van der Waals surface area (Å²) in [4.78, 5) is 30.2. The molecule has 4 aromatic rings. The van der Waals surface area contributed by atoms with Crippen molar-refractivity contribution in [1.29, 1.82) is 0 Å². The molecule has 6 nitrogen and oxygen atoms in total. The van der Waals surface area contributed by atoms with Gasteiger partial charge in [-0.05, 0) is 36.3 Å². The lowest BCUT2D eigenvalue weighted by atomic mass is 10.1. The maximum absolute atomic E-state index is 13.0. The summed E-state index contributed by atoms with van der Waals surface area (Å²) in [5, 5.41) is 2.40. The van der Waals surface area contributed by atoms with Gasteiger partial charge in [0.2, 0.25) is 0 Å². The lowest BCUT2D eigenvalue weighted by molar-refractivity contribution is -0.112. The van der Waals surface area contributed by atoms with Crippen LogP contribution in [0.15, 0.2) is 77.2 Å². The Bertz CT molecular complexity index is 1260. The van der Waals surface area contributed by atoms with Gasteiger partial charge in [0, 0.05) is 17.0 Å². The van der Waals surface area contributed by atoms with Crippen LogP contribution in [0, 0.1) is 0 Å². The van der Waals surface area contributed by atoms with Gasteiger partial charge in [0.05, 0.1) is 12.0 Å². The molecule has 4 rings (SSSR count). The minimum atomic E-state index is -0.427. The first-order valence-electron chi connectivity index (χ1n) is 9.42. The molecule has 0 atom stereocenters. The van der Waals surface area contributed by atoms with Crippen molar-refractivity contribution in [2.45, 2.75) is 6.92 Å². The first-order chi connectivity index (χ1) is 14.7. The van der Waals surface area contributed by atoms with Crippen LogP contribution >= 0.6 is 11.3 Å². The van der Waals surface area contributed by atoms with Crippen molar-refractivity contribution in [3.8, 4) is 16.9 Å². The molecule has 30 heavy (non-hydrogen) atoms. The first-order valence-corrected chi connectivity index (χ1v) is 10.3. The van der Waals surface area contributed by atoms with E-state index in [4.69, 9.17) is 4.74 Å². The molecule has 2 heterocycles. The average molecular weight is 417 g/mol. The van der Waals surface area contributed by atoms with Gasteiger partial charge in [-0.2, -0.15) is 0 Å². The molecule has 7 heteroatoms. The fourth-order valence-corrected chi connectivity index (χ4v) is 3.92. The third kappa shape index (κ3) is 4.16. The highest BCUT2D eigenvalue weighted by Gasteiger charge is 2.13. The molecule has 0 fully saturated rings. The Hall–Kier alpha value is -3.71. The summed E-state index contributed by atoms with van der Waals surface area (Å²) in [6.07, 6.45) is 4.37. The fourth-order valence-electron chi connectivity index (χ4n) is 3.01. The molecule has 0 aliphatic carbocycles. The third-order valence-electron chi connectivity index (χ3n) is 4.43. The number of nitrogens with zero attached hydrogens (tertiary/aromatic N) is 2. The van der Waals surface area contributed by atoms with Gasteiger partial charge in [-0.3, -0.25) is 15.0 Å². The molecule has 1 amide bonds. The number of carbonyl (C=O) groups is 1. The van der Waals surface area contributed by atoms with Crippen molar-refractivity contribution in [1.82, 2.24) is 9.66 Å². The number of amides is 1. The Morgan fingerprint density at radius 2 is 1.93 bits per heavy atom. The van der Waals surface area contributed by atoms with Crippen molar-refractivity contribution in [3.05, 3.63) is 88.3 Å². The highest BCUT2D eigenvalue weighted by Crippen LogP contribution is 2.30. The molecule has 2 aromatic heterocycles.